The fourth-order valence-electron chi connectivity index (χ4n) is 2.21. The van der Waals surface area contributed by atoms with Crippen molar-refractivity contribution >= 4 is 41.0 Å². The molecule has 7 heteroatoms. The maximum atomic E-state index is 12.5. The molecule has 0 saturated carbocycles. The van der Waals surface area contributed by atoms with E-state index < -0.39 is 6.10 Å². The van der Waals surface area contributed by atoms with Crippen molar-refractivity contribution < 1.29 is 13.7 Å². The highest BCUT2D eigenvalue weighted by molar-refractivity contribution is 7.94. The molecule has 124 valence electrons. The van der Waals surface area contributed by atoms with Crippen molar-refractivity contribution in [3.8, 4) is 0 Å². The van der Waals surface area contributed by atoms with Gasteiger partial charge in [0.1, 0.15) is 0 Å². The lowest BCUT2D eigenvalue weighted by Crippen LogP contribution is -2.11. The average molecular weight is 382 g/mol. The van der Waals surface area contributed by atoms with E-state index in [1.165, 1.54) is 0 Å². The van der Waals surface area contributed by atoms with E-state index in [1.54, 1.807) is 18.2 Å². The predicted octanol–water partition coefficient (Wildman–Crippen LogP) is 4.63. The maximum Gasteiger partial charge on any atom is 0.249 e. The van der Waals surface area contributed by atoms with Crippen LogP contribution in [0.2, 0.25) is 10.0 Å². The minimum atomic E-state index is -0.941. The smallest absolute Gasteiger partial charge is 0.249 e. The Morgan fingerprint density at radius 3 is 2.62 bits per heavy atom. The molecule has 0 aromatic heterocycles. The highest BCUT2D eigenvalue weighted by Crippen LogP contribution is 2.38. The standard InChI is InChI=1S/C17H13Cl2NO3S/c18-12-8-4-7-11(13(12)19)15-14(21)16(17(20)22-15)23-24-9-10-5-2-1-3-6-10/h1-8,15H,9,20H2. The Hall–Kier alpha value is -1.82. The summed E-state index contributed by atoms with van der Waals surface area (Å²) in [6.45, 7) is 0. The van der Waals surface area contributed by atoms with E-state index in [4.69, 9.17) is 37.9 Å². The van der Waals surface area contributed by atoms with Gasteiger partial charge in [0.2, 0.25) is 17.4 Å². The third-order valence-electron chi connectivity index (χ3n) is 3.41. The molecule has 0 bridgehead atoms. The van der Waals surface area contributed by atoms with Crippen molar-refractivity contribution in [1.29, 1.82) is 0 Å². The first-order chi connectivity index (χ1) is 11.6. The van der Waals surface area contributed by atoms with Crippen LogP contribution >= 0.6 is 35.2 Å². The Bertz CT molecular complexity index is 796. The zero-order valence-corrected chi connectivity index (χ0v) is 14.7. The summed E-state index contributed by atoms with van der Waals surface area (Å²) >= 11 is 13.3. The molecule has 4 nitrogen and oxygen atoms in total. The van der Waals surface area contributed by atoms with Crippen molar-refractivity contribution in [2.45, 2.75) is 11.9 Å². The SMILES string of the molecule is NC1=C(OSCc2ccccc2)C(=O)C(c2cccc(Cl)c2Cl)O1. The van der Waals surface area contributed by atoms with Gasteiger partial charge in [0.05, 0.1) is 27.8 Å². The molecule has 0 saturated heterocycles. The van der Waals surface area contributed by atoms with Crippen molar-refractivity contribution in [1.82, 2.24) is 0 Å². The van der Waals surface area contributed by atoms with Gasteiger partial charge in [0, 0.05) is 5.56 Å². The predicted molar refractivity (Wildman–Crippen MR) is 95.3 cm³/mol. The second kappa shape index (κ2) is 7.38. The molecule has 1 unspecified atom stereocenters. The number of rotatable bonds is 5. The highest BCUT2D eigenvalue weighted by Gasteiger charge is 2.38. The number of carbonyl (C=O) groups excluding carboxylic acids is 1. The van der Waals surface area contributed by atoms with Crippen LogP contribution < -0.4 is 5.73 Å². The molecule has 0 spiro atoms. The molecule has 1 aliphatic rings. The summed E-state index contributed by atoms with van der Waals surface area (Å²) in [6, 6.07) is 14.7. The van der Waals surface area contributed by atoms with Crippen LogP contribution in [0.3, 0.4) is 0 Å². The minimum Gasteiger partial charge on any atom is -0.460 e. The molecule has 1 atom stereocenters. The van der Waals surface area contributed by atoms with Gasteiger partial charge in [-0.25, -0.2) is 0 Å². The maximum absolute atomic E-state index is 12.5. The van der Waals surface area contributed by atoms with Crippen molar-refractivity contribution in [2.24, 2.45) is 5.73 Å². The summed E-state index contributed by atoms with van der Waals surface area (Å²) in [6.07, 6.45) is -0.941. The van der Waals surface area contributed by atoms with E-state index >= 15 is 0 Å². The lowest BCUT2D eigenvalue weighted by atomic mass is 10.1. The van der Waals surface area contributed by atoms with Gasteiger partial charge in [-0.15, -0.1) is 0 Å². The normalized spacial score (nSPS) is 17.1. The minimum absolute atomic E-state index is 0.00280. The molecule has 2 aromatic rings. The number of Topliss-reactive ketones (excluding diaryl/α,β-unsaturated/α-hetero) is 1. The third kappa shape index (κ3) is 3.48. The zero-order valence-electron chi connectivity index (χ0n) is 12.4. The highest BCUT2D eigenvalue weighted by atomic mass is 35.5. The van der Waals surface area contributed by atoms with Crippen molar-refractivity contribution in [3.63, 3.8) is 0 Å². The van der Waals surface area contributed by atoms with Gasteiger partial charge in [-0.05, 0) is 11.6 Å². The Morgan fingerprint density at radius 2 is 1.88 bits per heavy atom. The van der Waals surface area contributed by atoms with E-state index in [0.29, 0.717) is 16.3 Å². The summed E-state index contributed by atoms with van der Waals surface area (Å²) in [5, 5.41) is 0.612. The van der Waals surface area contributed by atoms with Gasteiger partial charge in [0.25, 0.3) is 0 Å². The fraction of sp³-hybridized carbons (Fsp3) is 0.118. The molecule has 0 aliphatic carbocycles. The number of hydrogen-bond donors (Lipinski definition) is 1. The summed E-state index contributed by atoms with van der Waals surface area (Å²) in [4.78, 5) is 12.5. The van der Waals surface area contributed by atoms with Crippen molar-refractivity contribution in [3.05, 3.63) is 81.3 Å². The fourth-order valence-corrected chi connectivity index (χ4v) is 3.29. The van der Waals surface area contributed by atoms with Gasteiger partial charge >= 0.3 is 0 Å². The number of nitrogens with two attached hydrogens (primary N) is 1. The lowest BCUT2D eigenvalue weighted by Gasteiger charge is -2.12. The topological polar surface area (TPSA) is 61.5 Å². The quantitative estimate of drug-likeness (QED) is 0.765. The summed E-state index contributed by atoms with van der Waals surface area (Å²) < 4.78 is 10.9. The van der Waals surface area contributed by atoms with Gasteiger partial charge < -0.3 is 14.7 Å². The summed E-state index contributed by atoms with van der Waals surface area (Å²) in [5.74, 6) is 0.142. The molecule has 0 fully saturated rings. The molecule has 0 radical (unpaired) electrons. The van der Waals surface area contributed by atoms with Crippen LogP contribution in [0, 0.1) is 0 Å². The van der Waals surface area contributed by atoms with E-state index in [9.17, 15) is 4.79 Å². The van der Waals surface area contributed by atoms with E-state index in [0.717, 1.165) is 17.6 Å². The summed E-state index contributed by atoms with van der Waals surface area (Å²) in [5.41, 5.74) is 7.32. The van der Waals surface area contributed by atoms with Crippen LogP contribution in [0.1, 0.15) is 17.2 Å². The van der Waals surface area contributed by atoms with Crippen LogP contribution in [-0.2, 0) is 19.5 Å². The number of benzene rings is 2. The van der Waals surface area contributed by atoms with E-state index in [-0.39, 0.29) is 22.4 Å². The molecule has 24 heavy (non-hydrogen) atoms. The van der Waals surface area contributed by atoms with Crippen LogP contribution in [0.5, 0.6) is 0 Å². The largest absolute Gasteiger partial charge is 0.460 e. The first-order valence-electron chi connectivity index (χ1n) is 7.06. The van der Waals surface area contributed by atoms with Crippen LogP contribution in [0.15, 0.2) is 60.2 Å². The Kier molecular flexibility index (Phi) is 5.23. The third-order valence-corrected chi connectivity index (χ3v) is 4.97. The molecule has 2 aromatic carbocycles. The molecule has 3 rings (SSSR count). The number of halogens is 2. The Morgan fingerprint density at radius 1 is 1.12 bits per heavy atom. The molecule has 0 amide bonds. The van der Waals surface area contributed by atoms with E-state index in [1.807, 2.05) is 30.3 Å². The molecule has 1 heterocycles. The molecule has 1 aliphatic heterocycles. The van der Waals surface area contributed by atoms with Gasteiger partial charge in [-0.2, -0.15) is 0 Å². The first kappa shape index (κ1) is 17.0. The number of ketones is 1. The zero-order chi connectivity index (χ0) is 17.1. The molecular weight excluding hydrogens is 369 g/mol. The van der Waals surface area contributed by atoms with Crippen LogP contribution in [-0.4, -0.2) is 5.78 Å². The Balaban J connectivity index is 1.68. The van der Waals surface area contributed by atoms with Gasteiger partial charge in [-0.3, -0.25) is 4.79 Å². The van der Waals surface area contributed by atoms with Crippen LogP contribution in [0.4, 0.5) is 0 Å². The molecule has 2 N–H and O–H groups in total. The monoisotopic (exact) mass is 381 g/mol. The van der Waals surface area contributed by atoms with Crippen molar-refractivity contribution in [2.75, 3.05) is 0 Å². The van der Waals surface area contributed by atoms with Gasteiger partial charge in [0.15, 0.2) is 6.10 Å². The lowest BCUT2D eigenvalue weighted by molar-refractivity contribution is -0.122. The number of hydrogen-bond acceptors (Lipinski definition) is 5. The second-order valence-electron chi connectivity index (χ2n) is 5.03. The van der Waals surface area contributed by atoms with E-state index in [2.05, 4.69) is 0 Å². The number of carbonyl (C=O) groups is 1. The van der Waals surface area contributed by atoms with Crippen LogP contribution in [0.25, 0.3) is 0 Å². The number of ether oxygens (including phenoxy) is 1. The second-order valence-corrected chi connectivity index (χ2v) is 6.51. The first-order valence-corrected chi connectivity index (χ1v) is 8.72. The summed E-state index contributed by atoms with van der Waals surface area (Å²) in [7, 11) is 0. The average Bonchev–Trinajstić information content (AvgIpc) is 2.86. The van der Waals surface area contributed by atoms with Gasteiger partial charge in [-0.1, -0.05) is 65.7 Å². The Labute approximate surface area is 153 Å². The molecular formula is C17H13Cl2NO3S.